The van der Waals surface area contributed by atoms with E-state index >= 15 is 0 Å². The number of fused-ring (bicyclic) bond motifs is 1. The summed E-state index contributed by atoms with van der Waals surface area (Å²) in [6.45, 7) is 4.71. The van der Waals surface area contributed by atoms with Crippen molar-refractivity contribution in [1.29, 1.82) is 0 Å². The van der Waals surface area contributed by atoms with Gasteiger partial charge in [0.15, 0.2) is 0 Å². The quantitative estimate of drug-likeness (QED) is 0.550. The normalized spacial score (nSPS) is 13.0. The van der Waals surface area contributed by atoms with Crippen LogP contribution in [-0.4, -0.2) is 22.4 Å². The van der Waals surface area contributed by atoms with Crippen LogP contribution in [0.2, 0.25) is 0 Å². The first kappa shape index (κ1) is 21.1. The standard InChI is InChI=1S/C26H25N3OS/c1-18-13-23-24(14-19(18)2)29-26(15-22(28-23)21-11-7-4-8-12-21)31-17-25(30)27-16-20-9-5-3-6-10-20/h3-14H,15-17H2,1-2H3,(H,27,30). The molecule has 0 bridgehead atoms. The van der Waals surface area contributed by atoms with Crippen LogP contribution in [0.3, 0.4) is 0 Å². The first-order chi connectivity index (χ1) is 15.1. The molecule has 0 unspecified atom stereocenters. The summed E-state index contributed by atoms with van der Waals surface area (Å²) in [7, 11) is 0. The van der Waals surface area contributed by atoms with Crippen molar-refractivity contribution >= 4 is 39.8 Å². The number of nitrogens with one attached hydrogen (secondary N) is 1. The third-order valence-corrected chi connectivity index (χ3v) is 6.19. The number of hydrogen-bond acceptors (Lipinski definition) is 4. The second-order valence-corrected chi connectivity index (χ2v) is 8.63. The predicted octanol–water partition coefficient (Wildman–Crippen LogP) is 5.91. The van der Waals surface area contributed by atoms with Crippen LogP contribution in [0.4, 0.5) is 11.4 Å². The fraction of sp³-hybridized carbons (Fsp3) is 0.192. The Morgan fingerprint density at radius 1 is 0.903 bits per heavy atom. The molecule has 156 valence electrons. The summed E-state index contributed by atoms with van der Waals surface area (Å²) >= 11 is 1.48. The average Bonchev–Trinajstić information content (AvgIpc) is 2.97. The first-order valence-electron chi connectivity index (χ1n) is 10.3. The van der Waals surface area contributed by atoms with Gasteiger partial charge in [-0.2, -0.15) is 0 Å². The van der Waals surface area contributed by atoms with Gasteiger partial charge < -0.3 is 5.32 Å². The van der Waals surface area contributed by atoms with Gasteiger partial charge >= 0.3 is 0 Å². The van der Waals surface area contributed by atoms with Gasteiger partial charge in [-0.3, -0.25) is 9.79 Å². The van der Waals surface area contributed by atoms with Crippen molar-refractivity contribution in [3.63, 3.8) is 0 Å². The Kier molecular flexibility index (Phi) is 6.63. The van der Waals surface area contributed by atoms with Crippen LogP contribution in [-0.2, 0) is 11.3 Å². The van der Waals surface area contributed by atoms with E-state index in [1.54, 1.807) is 0 Å². The molecule has 5 heteroatoms. The van der Waals surface area contributed by atoms with Crippen LogP contribution >= 0.6 is 11.8 Å². The zero-order chi connectivity index (χ0) is 21.6. The number of carbonyl (C=O) groups excluding carboxylic acids is 1. The van der Waals surface area contributed by atoms with E-state index in [-0.39, 0.29) is 5.91 Å². The lowest BCUT2D eigenvalue weighted by molar-refractivity contribution is -0.118. The molecule has 3 aromatic carbocycles. The van der Waals surface area contributed by atoms with Gasteiger partial charge in [0, 0.05) is 13.0 Å². The highest BCUT2D eigenvalue weighted by Gasteiger charge is 2.17. The van der Waals surface area contributed by atoms with Crippen LogP contribution in [0.15, 0.2) is 82.8 Å². The Bertz CT molecular complexity index is 1140. The summed E-state index contributed by atoms with van der Waals surface area (Å²) in [5, 5.41) is 3.89. The van der Waals surface area contributed by atoms with E-state index in [1.807, 2.05) is 48.5 Å². The lowest BCUT2D eigenvalue weighted by Crippen LogP contribution is -2.25. The molecule has 0 aromatic heterocycles. The number of carbonyl (C=O) groups is 1. The molecule has 3 aromatic rings. The maximum Gasteiger partial charge on any atom is 0.230 e. The topological polar surface area (TPSA) is 53.8 Å². The maximum absolute atomic E-state index is 12.4. The zero-order valence-corrected chi connectivity index (χ0v) is 18.6. The minimum absolute atomic E-state index is 0.000639. The summed E-state index contributed by atoms with van der Waals surface area (Å²) in [6, 6.07) is 24.3. The van der Waals surface area contributed by atoms with E-state index in [2.05, 4.69) is 43.4 Å². The Hall–Kier alpha value is -3.18. The Morgan fingerprint density at radius 2 is 1.52 bits per heavy atom. The Labute approximate surface area is 187 Å². The highest BCUT2D eigenvalue weighted by Crippen LogP contribution is 2.35. The van der Waals surface area contributed by atoms with Gasteiger partial charge in [0.2, 0.25) is 5.91 Å². The highest BCUT2D eigenvalue weighted by molar-refractivity contribution is 8.14. The molecule has 0 aliphatic carbocycles. The van der Waals surface area contributed by atoms with Crippen molar-refractivity contribution in [1.82, 2.24) is 5.32 Å². The number of benzene rings is 3. The number of aliphatic imine (C=N–C) groups is 2. The molecule has 1 amide bonds. The molecule has 0 saturated carbocycles. The van der Waals surface area contributed by atoms with Crippen LogP contribution in [0.5, 0.6) is 0 Å². The lowest BCUT2D eigenvalue weighted by Gasteiger charge is -2.08. The van der Waals surface area contributed by atoms with Gasteiger partial charge in [-0.25, -0.2) is 4.99 Å². The van der Waals surface area contributed by atoms with E-state index in [1.165, 1.54) is 22.9 Å². The van der Waals surface area contributed by atoms with Gasteiger partial charge in [0.25, 0.3) is 0 Å². The van der Waals surface area contributed by atoms with Gasteiger partial charge in [0.05, 0.1) is 27.9 Å². The number of aryl methyl sites for hydroxylation is 2. The molecule has 1 heterocycles. The van der Waals surface area contributed by atoms with E-state index in [4.69, 9.17) is 9.98 Å². The molecule has 0 saturated heterocycles. The largest absolute Gasteiger partial charge is 0.351 e. The molecule has 1 N–H and O–H groups in total. The van der Waals surface area contributed by atoms with Crippen LogP contribution in [0.25, 0.3) is 0 Å². The van der Waals surface area contributed by atoms with Crippen LogP contribution < -0.4 is 5.32 Å². The van der Waals surface area contributed by atoms with Crippen molar-refractivity contribution in [2.75, 3.05) is 5.75 Å². The maximum atomic E-state index is 12.4. The Morgan fingerprint density at radius 3 is 2.19 bits per heavy atom. The fourth-order valence-corrected chi connectivity index (χ4v) is 4.15. The summed E-state index contributed by atoms with van der Waals surface area (Å²) in [5.41, 5.74) is 7.26. The van der Waals surface area contributed by atoms with Gasteiger partial charge in [-0.1, -0.05) is 60.7 Å². The molecular formula is C26H25N3OS. The van der Waals surface area contributed by atoms with Gasteiger partial charge in [-0.05, 0) is 48.2 Å². The van der Waals surface area contributed by atoms with E-state index < -0.39 is 0 Å². The SMILES string of the molecule is Cc1cc2c(cc1C)N=C(c1ccccc1)CC(SCC(=O)NCc1ccccc1)=N2. The molecule has 0 spiro atoms. The van der Waals surface area contributed by atoms with E-state index in [9.17, 15) is 4.79 Å². The monoisotopic (exact) mass is 427 g/mol. The zero-order valence-electron chi connectivity index (χ0n) is 17.8. The number of thioether (sulfide) groups is 1. The molecule has 0 atom stereocenters. The van der Waals surface area contributed by atoms with Crippen molar-refractivity contribution < 1.29 is 4.79 Å². The lowest BCUT2D eigenvalue weighted by atomic mass is 10.1. The summed E-state index contributed by atoms with van der Waals surface area (Å²) in [5.74, 6) is 0.327. The average molecular weight is 428 g/mol. The summed E-state index contributed by atoms with van der Waals surface area (Å²) in [6.07, 6.45) is 0.605. The number of amides is 1. The Balaban J connectivity index is 1.52. The molecular weight excluding hydrogens is 402 g/mol. The van der Waals surface area contributed by atoms with E-state index in [0.717, 1.165) is 33.3 Å². The fourth-order valence-electron chi connectivity index (χ4n) is 3.34. The third-order valence-electron chi connectivity index (χ3n) is 5.22. The van der Waals surface area contributed by atoms with Crippen molar-refractivity contribution in [3.05, 3.63) is 95.1 Å². The molecule has 1 aliphatic heterocycles. The minimum atomic E-state index is -0.000639. The molecule has 1 aliphatic rings. The summed E-state index contributed by atoms with van der Waals surface area (Å²) in [4.78, 5) is 22.3. The summed E-state index contributed by atoms with van der Waals surface area (Å²) < 4.78 is 0. The molecule has 4 rings (SSSR count). The van der Waals surface area contributed by atoms with E-state index in [0.29, 0.717) is 18.7 Å². The van der Waals surface area contributed by atoms with Crippen molar-refractivity contribution in [2.45, 2.75) is 26.8 Å². The number of hydrogen-bond donors (Lipinski definition) is 1. The smallest absolute Gasteiger partial charge is 0.230 e. The predicted molar refractivity (Wildman–Crippen MR) is 131 cm³/mol. The molecule has 0 fully saturated rings. The van der Waals surface area contributed by atoms with Crippen LogP contribution in [0, 0.1) is 13.8 Å². The minimum Gasteiger partial charge on any atom is -0.351 e. The highest BCUT2D eigenvalue weighted by atomic mass is 32.2. The van der Waals surface area contributed by atoms with Crippen LogP contribution in [0.1, 0.15) is 28.7 Å². The molecule has 31 heavy (non-hydrogen) atoms. The van der Waals surface area contributed by atoms with Gasteiger partial charge in [0.1, 0.15) is 0 Å². The third kappa shape index (κ3) is 5.50. The second kappa shape index (κ2) is 9.75. The number of rotatable bonds is 5. The molecule has 4 nitrogen and oxygen atoms in total. The second-order valence-electron chi connectivity index (χ2n) is 7.58. The van der Waals surface area contributed by atoms with Gasteiger partial charge in [-0.15, -0.1) is 11.8 Å². The first-order valence-corrected chi connectivity index (χ1v) is 11.3. The molecule has 0 radical (unpaired) electrons. The van der Waals surface area contributed by atoms with Crippen molar-refractivity contribution in [3.8, 4) is 0 Å². The van der Waals surface area contributed by atoms with Crippen molar-refractivity contribution in [2.24, 2.45) is 9.98 Å². The number of nitrogens with zero attached hydrogens (tertiary/aromatic N) is 2.